The maximum absolute atomic E-state index is 8.74. The van der Waals surface area contributed by atoms with E-state index in [1.807, 2.05) is 12.1 Å². The molecular weight excluding hydrogens is 238 g/mol. The van der Waals surface area contributed by atoms with Gasteiger partial charge in [-0.05, 0) is 23.1 Å². The van der Waals surface area contributed by atoms with Crippen molar-refractivity contribution in [2.45, 2.75) is 33.6 Å². The average molecular weight is 255 g/mol. The fourth-order valence-corrected chi connectivity index (χ4v) is 1.78. The monoisotopic (exact) mass is 255 g/mol. The van der Waals surface area contributed by atoms with E-state index in [1.165, 1.54) is 0 Å². The fraction of sp³-hybridized carbons (Fsp3) is 0.400. The first-order valence-electron chi connectivity index (χ1n) is 6.27. The van der Waals surface area contributed by atoms with E-state index in [-0.39, 0.29) is 5.41 Å². The zero-order valence-electron chi connectivity index (χ0n) is 11.5. The van der Waals surface area contributed by atoms with Crippen molar-refractivity contribution in [2.24, 2.45) is 5.41 Å². The van der Waals surface area contributed by atoms with Crippen LogP contribution in [0.5, 0.6) is 0 Å². The van der Waals surface area contributed by atoms with Gasteiger partial charge in [-0.2, -0.15) is 10.2 Å². The van der Waals surface area contributed by atoms with Crippen molar-refractivity contribution in [3.8, 4) is 6.07 Å². The molecule has 0 aliphatic rings. The van der Waals surface area contributed by atoms with Crippen molar-refractivity contribution in [3.05, 3.63) is 47.1 Å². The highest BCUT2D eigenvalue weighted by molar-refractivity contribution is 5.32. The molecule has 98 valence electrons. The molecule has 0 unspecified atom stereocenters. The minimum absolute atomic E-state index is 0.148. The van der Waals surface area contributed by atoms with Gasteiger partial charge in [0.2, 0.25) is 5.89 Å². The molecule has 0 saturated carbocycles. The summed E-state index contributed by atoms with van der Waals surface area (Å²) in [5.41, 5.74) is 1.86. The topological polar surface area (TPSA) is 62.7 Å². The average Bonchev–Trinajstić information content (AvgIpc) is 2.75. The summed E-state index contributed by atoms with van der Waals surface area (Å²) in [4.78, 5) is 4.39. The van der Waals surface area contributed by atoms with Crippen LogP contribution in [0.15, 0.2) is 28.8 Å². The summed E-state index contributed by atoms with van der Waals surface area (Å²) in [5, 5.41) is 12.7. The van der Waals surface area contributed by atoms with E-state index in [0.717, 1.165) is 17.8 Å². The first-order valence-corrected chi connectivity index (χ1v) is 6.27. The third-order valence-corrected chi connectivity index (χ3v) is 2.64. The molecule has 0 fully saturated rings. The molecule has 1 aromatic heterocycles. The minimum Gasteiger partial charge on any atom is -0.339 e. The highest BCUT2D eigenvalue weighted by Gasteiger charge is 2.16. The van der Waals surface area contributed by atoms with Gasteiger partial charge in [0.15, 0.2) is 5.82 Å². The molecule has 0 aliphatic carbocycles. The Labute approximate surface area is 113 Å². The molecule has 4 nitrogen and oxygen atoms in total. The highest BCUT2D eigenvalue weighted by atomic mass is 16.5. The lowest BCUT2D eigenvalue weighted by Crippen LogP contribution is -2.10. The van der Waals surface area contributed by atoms with Crippen molar-refractivity contribution < 1.29 is 4.52 Å². The van der Waals surface area contributed by atoms with Gasteiger partial charge in [-0.15, -0.1) is 0 Å². The van der Waals surface area contributed by atoms with E-state index in [1.54, 1.807) is 12.1 Å². The Kier molecular flexibility index (Phi) is 3.66. The van der Waals surface area contributed by atoms with Crippen molar-refractivity contribution in [1.82, 2.24) is 10.1 Å². The second-order valence-corrected chi connectivity index (χ2v) is 5.83. The zero-order chi connectivity index (χ0) is 13.9. The largest absolute Gasteiger partial charge is 0.339 e. The number of nitrogens with zero attached hydrogens (tertiary/aromatic N) is 3. The molecule has 0 saturated heterocycles. The van der Waals surface area contributed by atoms with Crippen LogP contribution in [-0.4, -0.2) is 10.1 Å². The van der Waals surface area contributed by atoms with Gasteiger partial charge in [-0.3, -0.25) is 0 Å². The lowest BCUT2D eigenvalue weighted by atomic mass is 9.92. The summed E-state index contributed by atoms with van der Waals surface area (Å²) in [6, 6.07) is 9.50. The molecule has 0 bridgehead atoms. The predicted octanol–water partition coefficient (Wildman–Crippen LogP) is 3.12. The Morgan fingerprint density at radius 2 is 1.89 bits per heavy atom. The van der Waals surface area contributed by atoms with E-state index in [9.17, 15) is 0 Å². The van der Waals surface area contributed by atoms with Crippen LogP contribution in [-0.2, 0) is 12.8 Å². The number of hydrogen-bond acceptors (Lipinski definition) is 4. The summed E-state index contributed by atoms with van der Waals surface area (Å²) in [7, 11) is 0. The third-order valence-electron chi connectivity index (χ3n) is 2.64. The highest BCUT2D eigenvalue weighted by Crippen LogP contribution is 2.19. The van der Waals surface area contributed by atoms with Crippen molar-refractivity contribution >= 4 is 0 Å². The molecule has 0 aliphatic heterocycles. The zero-order valence-corrected chi connectivity index (χ0v) is 11.5. The second-order valence-electron chi connectivity index (χ2n) is 5.83. The van der Waals surface area contributed by atoms with Crippen LogP contribution in [0.4, 0.5) is 0 Å². The van der Waals surface area contributed by atoms with Gasteiger partial charge >= 0.3 is 0 Å². The summed E-state index contributed by atoms with van der Waals surface area (Å²) in [6.07, 6.45) is 1.40. The Hall–Kier alpha value is -2.15. The van der Waals surface area contributed by atoms with Crippen LogP contribution in [0.1, 0.15) is 43.6 Å². The van der Waals surface area contributed by atoms with Crippen LogP contribution in [0.25, 0.3) is 0 Å². The van der Waals surface area contributed by atoms with Gasteiger partial charge in [0.25, 0.3) is 0 Å². The summed E-state index contributed by atoms with van der Waals surface area (Å²) < 4.78 is 5.24. The number of nitriles is 1. The lowest BCUT2D eigenvalue weighted by Gasteiger charge is -2.14. The fourth-order valence-electron chi connectivity index (χ4n) is 1.78. The molecule has 0 radical (unpaired) electrons. The van der Waals surface area contributed by atoms with Crippen molar-refractivity contribution in [2.75, 3.05) is 0 Å². The molecular formula is C15H17N3O. The standard InChI is InChI=1S/C15H17N3O/c1-15(2,3)9-13-17-14(19-18-13)8-11-4-6-12(10-16)7-5-11/h4-7H,8-9H2,1-3H3. The van der Waals surface area contributed by atoms with Crippen LogP contribution in [0.2, 0.25) is 0 Å². The van der Waals surface area contributed by atoms with Gasteiger partial charge in [0.1, 0.15) is 0 Å². The first kappa shape index (κ1) is 13.3. The maximum atomic E-state index is 8.74. The Balaban J connectivity index is 2.05. The Morgan fingerprint density at radius 1 is 1.21 bits per heavy atom. The number of hydrogen-bond donors (Lipinski definition) is 0. The van der Waals surface area contributed by atoms with Gasteiger partial charge in [0, 0.05) is 6.42 Å². The van der Waals surface area contributed by atoms with Gasteiger partial charge in [-0.25, -0.2) is 0 Å². The van der Waals surface area contributed by atoms with E-state index < -0.39 is 0 Å². The summed E-state index contributed by atoms with van der Waals surface area (Å²) in [6.45, 7) is 6.43. The second kappa shape index (κ2) is 5.23. The Morgan fingerprint density at radius 3 is 2.47 bits per heavy atom. The molecule has 0 amide bonds. The van der Waals surface area contributed by atoms with Gasteiger partial charge < -0.3 is 4.52 Å². The SMILES string of the molecule is CC(C)(C)Cc1noc(Cc2ccc(C#N)cc2)n1. The lowest BCUT2D eigenvalue weighted by molar-refractivity contribution is 0.358. The van der Waals surface area contributed by atoms with Gasteiger partial charge in [0.05, 0.1) is 18.1 Å². The number of rotatable bonds is 3. The third kappa shape index (κ3) is 3.92. The quantitative estimate of drug-likeness (QED) is 0.845. The molecule has 1 heterocycles. The number of benzene rings is 1. The van der Waals surface area contributed by atoms with Crippen LogP contribution in [0, 0.1) is 16.7 Å². The molecule has 0 atom stereocenters. The minimum atomic E-state index is 0.148. The Bertz CT molecular complexity index is 585. The first-order chi connectivity index (χ1) is 8.96. The maximum Gasteiger partial charge on any atom is 0.231 e. The van der Waals surface area contributed by atoms with Crippen LogP contribution in [0.3, 0.4) is 0 Å². The smallest absolute Gasteiger partial charge is 0.231 e. The van der Waals surface area contributed by atoms with E-state index in [4.69, 9.17) is 9.78 Å². The van der Waals surface area contributed by atoms with Crippen molar-refractivity contribution in [1.29, 1.82) is 5.26 Å². The molecule has 0 spiro atoms. The molecule has 4 heteroatoms. The van der Waals surface area contributed by atoms with Crippen LogP contribution < -0.4 is 0 Å². The molecule has 0 N–H and O–H groups in total. The van der Waals surface area contributed by atoms with Crippen molar-refractivity contribution in [3.63, 3.8) is 0 Å². The normalized spacial score (nSPS) is 11.3. The van der Waals surface area contributed by atoms with E-state index in [0.29, 0.717) is 17.9 Å². The summed E-state index contributed by atoms with van der Waals surface area (Å²) in [5.74, 6) is 1.36. The summed E-state index contributed by atoms with van der Waals surface area (Å²) >= 11 is 0. The van der Waals surface area contributed by atoms with Gasteiger partial charge in [-0.1, -0.05) is 38.1 Å². The van der Waals surface area contributed by atoms with Crippen LogP contribution >= 0.6 is 0 Å². The molecule has 1 aromatic carbocycles. The molecule has 2 aromatic rings. The van der Waals surface area contributed by atoms with E-state index >= 15 is 0 Å². The molecule has 19 heavy (non-hydrogen) atoms. The van der Waals surface area contributed by atoms with E-state index in [2.05, 4.69) is 37.0 Å². The predicted molar refractivity (Wildman–Crippen MR) is 71.4 cm³/mol. The molecule has 2 rings (SSSR count). The number of aromatic nitrogens is 2.